The molecule has 146 valence electrons. The third-order valence-corrected chi connectivity index (χ3v) is 6.58. The van der Waals surface area contributed by atoms with Crippen molar-refractivity contribution >= 4 is 21.8 Å². The highest BCUT2D eigenvalue weighted by atomic mass is 32.2. The van der Waals surface area contributed by atoms with Crippen molar-refractivity contribution in [3.8, 4) is 0 Å². The molecule has 0 aromatic carbocycles. The molecule has 0 bridgehead atoms. The van der Waals surface area contributed by atoms with Gasteiger partial charge in [0.15, 0.2) is 0 Å². The van der Waals surface area contributed by atoms with E-state index in [1.54, 1.807) is 0 Å². The molecule has 4 heterocycles. The van der Waals surface area contributed by atoms with Crippen LogP contribution < -0.4 is 9.80 Å². The van der Waals surface area contributed by atoms with E-state index in [4.69, 9.17) is 9.72 Å². The monoisotopic (exact) mass is 394 g/mol. The van der Waals surface area contributed by atoms with E-state index < -0.39 is 10.0 Å². The first kappa shape index (κ1) is 18.1. The van der Waals surface area contributed by atoms with Gasteiger partial charge in [0, 0.05) is 51.0 Å². The highest BCUT2D eigenvalue weighted by Gasteiger charge is 2.30. The van der Waals surface area contributed by atoms with Gasteiger partial charge in [0.25, 0.3) is 0 Å². The van der Waals surface area contributed by atoms with Crippen molar-refractivity contribution in [2.75, 3.05) is 62.3 Å². The van der Waals surface area contributed by atoms with Crippen molar-refractivity contribution in [1.29, 1.82) is 0 Å². The first-order valence-corrected chi connectivity index (χ1v) is 10.3. The van der Waals surface area contributed by atoms with Gasteiger partial charge in [-0.1, -0.05) is 5.16 Å². The van der Waals surface area contributed by atoms with E-state index >= 15 is 0 Å². The summed E-state index contributed by atoms with van der Waals surface area (Å²) in [7, 11) is -3.56. The minimum absolute atomic E-state index is 0.0865. The number of hydrogen-bond acceptors (Lipinski definition) is 9. The zero-order valence-electron chi connectivity index (χ0n) is 15.1. The molecule has 0 N–H and O–H groups in total. The Hall–Kier alpha value is -2.24. The largest absolute Gasteiger partial charge is 0.378 e. The average molecular weight is 394 g/mol. The maximum atomic E-state index is 12.6. The van der Waals surface area contributed by atoms with Crippen LogP contribution in [0.25, 0.3) is 0 Å². The van der Waals surface area contributed by atoms with Crippen LogP contribution in [0.5, 0.6) is 0 Å². The van der Waals surface area contributed by atoms with E-state index in [1.807, 2.05) is 13.0 Å². The lowest BCUT2D eigenvalue weighted by atomic mass is 10.3. The molecule has 2 aromatic heterocycles. The molecule has 0 unspecified atom stereocenters. The molecule has 11 heteroatoms. The van der Waals surface area contributed by atoms with Gasteiger partial charge in [0.2, 0.25) is 16.0 Å². The fourth-order valence-electron chi connectivity index (χ4n) is 3.23. The highest BCUT2D eigenvalue weighted by Crippen LogP contribution is 2.22. The van der Waals surface area contributed by atoms with E-state index in [-0.39, 0.29) is 4.90 Å². The van der Waals surface area contributed by atoms with Crippen molar-refractivity contribution < 1.29 is 17.7 Å². The van der Waals surface area contributed by atoms with Crippen LogP contribution >= 0.6 is 0 Å². The summed E-state index contributed by atoms with van der Waals surface area (Å²) in [5, 5.41) is 3.49. The Bertz CT molecular complexity index is 874. The van der Waals surface area contributed by atoms with E-state index in [0.29, 0.717) is 45.3 Å². The average Bonchev–Trinajstić information content (AvgIpc) is 3.24. The molecule has 2 fully saturated rings. The summed E-state index contributed by atoms with van der Waals surface area (Å²) in [6, 6.07) is 1.94. The Morgan fingerprint density at radius 3 is 2.41 bits per heavy atom. The summed E-state index contributed by atoms with van der Waals surface area (Å²) in [5.41, 5.74) is 0.890. The van der Waals surface area contributed by atoms with Crippen LogP contribution in [-0.2, 0) is 14.8 Å². The van der Waals surface area contributed by atoms with Crippen molar-refractivity contribution in [3.05, 3.63) is 24.2 Å². The van der Waals surface area contributed by atoms with Gasteiger partial charge in [-0.25, -0.2) is 13.4 Å². The Balaban J connectivity index is 1.47. The lowest BCUT2D eigenvalue weighted by molar-refractivity contribution is 0.122. The second kappa shape index (κ2) is 7.41. The molecule has 10 nitrogen and oxygen atoms in total. The first-order valence-electron chi connectivity index (χ1n) is 8.87. The standard InChI is InChI=1S/C16H22N6O4S/c1-13-10-15(19-16(18-13)21-6-8-25-9-7-21)20-2-4-22(5-3-20)27(23,24)14-11-17-26-12-14/h10-12H,2-9H2,1H3. The molecule has 0 radical (unpaired) electrons. The summed E-state index contributed by atoms with van der Waals surface area (Å²) in [6.45, 7) is 6.71. The molecule has 27 heavy (non-hydrogen) atoms. The van der Waals surface area contributed by atoms with E-state index in [1.165, 1.54) is 10.5 Å². The predicted molar refractivity (Wildman–Crippen MR) is 97.3 cm³/mol. The van der Waals surface area contributed by atoms with Crippen LogP contribution in [-0.4, -0.2) is 80.3 Å². The number of piperazine rings is 1. The number of sulfonamides is 1. The van der Waals surface area contributed by atoms with Gasteiger partial charge < -0.3 is 19.1 Å². The van der Waals surface area contributed by atoms with Crippen LogP contribution in [0.3, 0.4) is 0 Å². The smallest absolute Gasteiger partial charge is 0.248 e. The fraction of sp³-hybridized carbons (Fsp3) is 0.562. The number of anilines is 2. The molecule has 0 atom stereocenters. The summed E-state index contributed by atoms with van der Waals surface area (Å²) >= 11 is 0. The SMILES string of the molecule is Cc1cc(N2CCN(S(=O)(=O)c3cnoc3)CC2)nc(N2CCOCC2)n1. The van der Waals surface area contributed by atoms with Gasteiger partial charge in [-0.3, -0.25) is 0 Å². The summed E-state index contributed by atoms with van der Waals surface area (Å²) in [4.78, 5) is 13.6. The Kier molecular flexibility index (Phi) is 4.98. The molecule has 2 aliphatic rings. The molecule has 2 aromatic rings. The van der Waals surface area contributed by atoms with Gasteiger partial charge in [-0.05, 0) is 6.92 Å². The van der Waals surface area contributed by atoms with Gasteiger partial charge in [-0.2, -0.15) is 9.29 Å². The Labute approximate surface area is 157 Å². The second-order valence-electron chi connectivity index (χ2n) is 6.52. The van der Waals surface area contributed by atoms with Crippen LogP contribution in [0.2, 0.25) is 0 Å². The Morgan fingerprint density at radius 1 is 1.00 bits per heavy atom. The van der Waals surface area contributed by atoms with Gasteiger partial charge in [-0.15, -0.1) is 0 Å². The van der Waals surface area contributed by atoms with E-state index in [2.05, 4.69) is 24.5 Å². The third-order valence-electron chi connectivity index (χ3n) is 4.73. The van der Waals surface area contributed by atoms with Crippen molar-refractivity contribution in [2.45, 2.75) is 11.8 Å². The number of rotatable bonds is 4. The third kappa shape index (κ3) is 3.75. The molecule has 2 aliphatic heterocycles. The van der Waals surface area contributed by atoms with E-state index in [9.17, 15) is 8.42 Å². The predicted octanol–water partition coefficient (Wildman–Crippen LogP) is 0.121. The summed E-state index contributed by atoms with van der Waals surface area (Å²) < 4.78 is 36.7. The minimum Gasteiger partial charge on any atom is -0.378 e. The normalized spacial score (nSPS) is 19.4. The maximum Gasteiger partial charge on any atom is 0.248 e. The minimum atomic E-state index is -3.56. The van der Waals surface area contributed by atoms with Gasteiger partial charge >= 0.3 is 0 Å². The lowest BCUT2D eigenvalue weighted by Gasteiger charge is -2.35. The number of aromatic nitrogens is 3. The summed E-state index contributed by atoms with van der Waals surface area (Å²) in [6.07, 6.45) is 2.38. The molecule has 0 saturated carbocycles. The zero-order chi connectivity index (χ0) is 18.9. The topological polar surface area (TPSA) is 105 Å². The molecular weight excluding hydrogens is 372 g/mol. The quantitative estimate of drug-likeness (QED) is 0.715. The lowest BCUT2D eigenvalue weighted by Crippen LogP contribution is -2.49. The Morgan fingerprint density at radius 2 is 1.74 bits per heavy atom. The van der Waals surface area contributed by atoms with Crippen LogP contribution in [0.15, 0.2) is 27.9 Å². The molecular formula is C16H22N6O4S. The summed E-state index contributed by atoms with van der Waals surface area (Å²) in [5.74, 6) is 1.53. The van der Waals surface area contributed by atoms with Gasteiger partial charge in [0.1, 0.15) is 17.0 Å². The molecule has 2 saturated heterocycles. The van der Waals surface area contributed by atoms with Crippen molar-refractivity contribution in [1.82, 2.24) is 19.4 Å². The fourth-order valence-corrected chi connectivity index (χ4v) is 4.52. The van der Waals surface area contributed by atoms with E-state index in [0.717, 1.165) is 30.9 Å². The number of nitrogens with zero attached hydrogens (tertiary/aromatic N) is 6. The van der Waals surface area contributed by atoms with Crippen LogP contribution in [0, 0.1) is 6.92 Å². The second-order valence-corrected chi connectivity index (χ2v) is 8.46. The number of ether oxygens (including phenoxy) is 1. The number of aryl methyl sites for hydroxylation is 1. The molecule has 0 amide bonds. The highest BCUT2D eigenvalue weighted by molar-refractivity contribution is 7.89. The number of morpholine rings is 1. The first-order chi connectivity index (χ1) is 13.0. The van der Waals surface area contributed by atoms with Crippen molar-refractivity contribution in [3.63, 3.8) is 0 Å². The molecule has 0 aliphatic carbocycles. The van der Waals surface area contributed by atoms with Crippen LogP contribution in [0.1, 0.15) is 5.69 Å². The van der Waals surface area contributed by atoms with Crippen LogP contribution in [0.4, 0.5) is 11.8 Å². The molecule has 0 spiro atoms. The molecule has 4 rings (SSSR count). The number of hydrogen-bond donors (Lipinski definition) is 0. The maximum absolute atomic E-state index is 12.6. The van der Waals surface area contributed by atoms with Gasteiger partial charge in [0.05, 0.1) is 19.4 Å². The van der Waals surface area contributed by atoms with Crippen molar-refractivity contribution in [2.24, 2.45) is 0 Å². The zero-order valence-corrected chi connectivity index (χ0v) is 15.9.